The number of rotatable bonds is 5. The van der Waals surface area contributed by atoms with Crippen molar-refractivity contribution in [1.82, 2.24) is 5.32 Å². The summed E-state index contributed by atoms with van der Waals surface area (Å²) in [6.45, 7) is 3.81. The van der Waals surface area contributed by atoms with Gasteiger partial charge in [0.1, 0.15) is 11.6 Å². The fourth-order valence-electron chi connectivity index (χ4n) is 3.05. The molecule has 1 aromatic carbocycles. The van der Waals surface area contributed by atoms with Gasteiger partial charge >= 0.3 is 0 Å². The van der Waals surface area contributed by atoms with E-state index < -0.39 is 0 Å². The Bertz CT molecular complexity index is 408. The molecule has 2 rings (SSSR count). The van der Waals surface area contributed by atoms with E-state index in [0.717, 1.165) is 18.4 Å². The van der Waals surface area contributed by atoms with E-state index in [2.05, 4.69) is 12.2 Å². The minimum absolute atomic E-state index is 0.167. The number of aromatic hydroxyl groups is 1. The summed E-state index contributed by atoms with van der Waals surface area (Å²) in [6.07, 6.45) is 6.60. The van der Waals surface area contributed by atoms with Crippen molar-refractivity contribution in [1.29, 1.82) is 0 Å². The van der Waals surface area contributed by atoms with E-state index in [9.17, 15) is 9.50 Å². The number of hydrogen-bond donors (Lipinski definition) is 2. The van der Waals surface area contributed by atoms with Gasteiger partial charge in [-0.2, -0.15) is 0 Å². The maximum Gasteiger partial charge on any atom is 0.123 e. The number of phenols is 1. The first-order chi connectivity index (χ1) is 9.15. The second-order valence-electron chi connectivity index (χ2n) is 5.88. The molecule has 1 aromatic rings. The lowest BCUT2D eigenvalue weighted by molar-refractivity contribution is 0.267. The molecule has 2 N–H and O–H groups in total. The molecule has 106 valence electrons. The summed E-state index contributed by atoms with van der Waals surface area (Å²) in [6, 6.07) is 4.09. The minimum atomic E-state index is -0.296. The van der Waals surface area contributed by atoms with E-state index in [1.54, 1.807) is 0 Å². The van der Waals surface area contributed by atoms with Gasteiger partial charge in [-0.3, -0.25) is 0 Å². The van der Waals surface area contributed by atoms with Gasteiger partial charge in [-0.1, -0.05) is 26.2 Å². The van der Waals surface area contributed by atoms with Crippen molar-refractivity contribution in [2.45, 2.75) is 45.6 Å². The van der Waals surface area contributed by atoms with Crippen molar-refractivity contribution in [2.75, 3.05) is 6.54 Å². The molecule has 0 saturated heterocycles. The van der Waals surface area contributed by atoms with Crippen molar-refractivity contribution in [3.05, 3.63) is 29.6 Å². The van der Waals surface area contributed by atoms with Gasteiger partial charge in [-0.05, 0) is 49.4 Å². The van der Waals surface area contributed by atoms with Gasteiger partial charge in [-0.25, -0.2) is 4.39 Å². The zero-order chi connectivity index (χ0) is 13.7. The van der Waals surface area contributed by atoms with Crippen molar-refractivity contribution >= 4 is 0 Å². The number of phenolic OH excluding ortho intramolecular Hbond substituents is 1. The van der Waals surface area contributed by atoms with E-state index in [1.165, 1.54) is 50.3 Å². The van der Waals surface area contributed by atoms with Crippen LogP contribution in [0.3, 0.4) is 0 Å². The van der Waals surface area contributed by atoms with Crippen LogP contribution in [0.5, 0.6) is 5.75 Å². The van der Waals surface area contributed by atoms with Crippen molar-refractivity contribution in [3.8, 4) is 5.75 Å². The van der Waals surface area contributed by atoms with Gasteiger partial charge < -0.3 is 10.4 Å². The molecule has 0 bridgehead atoms. The molecule has 1 aliphatic carbocycles. The minimum Gasteiger partial charge on any atom is -0.508 e. The van der Waals surface area contributed by atoms with E-state index in [0.29, 0.717) is 12.1 Å². The van der Waals surface area contributed by atoms with Crippen LogP contribution in [0, 0.1) is 17.7 Å². The quantitative estimate of drug-likeness (QED) is 0.793. The molecule has 2 nitrogen and oxygen atoms in total. The zero-order valence-electron chi connectivity index (χ0n) is 11.7. The van der Waals surface area contributed by atoms with E-state index >= 15 is 0 Å². The predicted molar refractivity (Wildman–Crippen MR) is 75.5 cm³/mol. The molecule has 3 heteroatoms. The van der Waals surface area contributed by atoms with Crippen LogP contribution in [-0.2, 0) is 6.54 Å². The van der Waals surface area contributed by atoms with E-state index in [1.807, 2.05) is 0 Å². The van der Waals surface area contributed by atoms with Gasteiger partial charge in [0.25, 0.3) is 0 Å². The van der Waals surface area contributed by atoms with Crippen LogP contribution < -0.4 is 5.32 Å². The highest BCUT2D eigenvalue weighted by atomic mass is 19.1. The fourth-order valence-corrected chi connectivity index (χ4v) is 3.05. The molecule has 0 aromatic heterocycles. The normalized spacial score (nSPS) is 23.5. The molecule has 1 aliphatic rings. The maximum atomic E-state index is 13.1. The Morgan fingerprint density at radius 1 is 1.37 bits per heavy atom. The SMILES string of the molecule is CC1CCCC(CCNCc2cc(F)ccc2O)C1. The molecule has 0 heterocycles. The molecule has 0 amide bonds. The first kappa shape index (κ1) is 14.3. The first-order valence-electron chi connectivity index (χ1n) is 7.33. The highest BCUT2D eigenvalue weighted by Gasteiger charge is 2.18. The molecule has 2 unspecified atom stereocenters. The average molecular weight is 265 g/mol. The second kappa shape index (κ2) is 6.90. The lowest BCUT2D eigenvalue weighted by atomic mass is 9.81. The lowest BCUT2D eigenvalue weighted by Gasteiger charge is -2.26. The molecule has 0 radical (unpaired) electrons. The van der Waals surface area contributed by atoms with Gasteiger partial charge in [0.2, 0.25) is 0 Å². The predicted octanol–water partition coefficient (Wildman–Crippen LogP) is 3.84. The fraction of sp³-hybridized carbons (Fsp3) is 0.625. The summed E-state index contributed by atoms with van der Waals surface area (Å²) in [7, 11) is 0. The van der Waals surface area contributed by atoms with Crippen LogP contribution >= 0.6 is 0 Å². The Balaban J connectivity index is 1.70. The monoisotopic (exact) mass is 265 g/mol. The third kappa shape index (κ3) is 4.50. The lowest BCUT2D eigenvalue weighted by Crippen LogP contribution is -2.21. The topological polar surface area (TPSA) is 32.3 Å². The van der Waals surface area contributed by atoms with Crippen molar-refractivity contribution in [2.24, 2.45) is 11.8 Å². The largest absolute Gasteiger partial charge is 0.508 e. The average Bonchev–Trinajstić information content (AvgIpc) is 2.39. The summed E-state index contributed by atoms with van der Waals surface area (Å²) in [5.41, 5.74) is 0.636. The number of hydrogen-bond acceptors (Lipinski definition) is 2. The maximum absolute atomic E-state index is 13.1. The molecular formula is C16H24FNO. The van der Waals surface area contributed by atoms with Crippen molar-refractivity contribution in [3.63, 3.8) is 0 Å². The van der Waals surface area contributed by atoms with Crippen LogP contribution in [0.15, 0.2) is 18.2 Å². The summed E-state index contributed by atoms with van der Waals surface area (Å²) in [4.78, 5) is 0. The van der Waals surface area contributed by atoms with Crippen LogP contribution in [-0.4, -0.2) is 11.7 Å². The summed E-state index contributed by atoms with van der Waals surface area (Å²) in [5, 5.41) is 12.9. The standard InChI is InChI=1S/C16H24FNO/c1-12-3-2-4-13(9-12)7-8-18-11-14-10-15(17)5-6-16(14)19/h5-6,10,12-13,18-19H,2-4,7-9,11H2,1H3. The van der Waals surface area contributed by atoms with Crippen LogP contribution in [0.1, 0.15) is 44.6 Å². The highest BCUT2D eigenvalue weighted by molar-refractivity contribution is 5.32. The van der Waals surface area contributed by atoms with Crippen LogP contribution in [0.2, 0.25) is 0 Å². The Labute approximate surface area is 115 Å². The smallest absolute Gasteiger partial charge is 0.123 e. The summed E-state index contributed by atoms with van der Waals surface area (Å²) in [5.74, 6) is 1.57. The van der Waals surface area contributed by atoms with Gasteiger partial charge in [0.15, 0.2) is 0 Å². The number of benzene rings is 1. The first-order valence-corrected chi connectivity index (χ1v) is 7.33. The van der Waals surface area contributed by atoms with E-state index in [4.69, 9.17) is 0 Å². The summed E-state index contributed by atoms with van der Waals surface area (Å²) >= 11 is 0. The molecule has 0 spiro atoms. The molecule has 1 fully saturated rings. The Morgan fingerprint density at radius 3 is 3.00 bits per heavy atom. The molecule has 2 atom stereocenters. The van der Waals surface area contributed by atoms with Crippen LogP contribution in [0.25, 0.3) is 0 Å². The zero-order valence-corrected chi connectivity index (χ0v) is 11.7. The Kier molecular flexibility index (Phi) is 5.20. The molecular weight excluding hydrogens is 241 g/mol. The number of halogens is 1. The highest BCUT2D eigenvalue weighted by Crippen LogP contribution is 2.30. The van der Waals surface area contributed by atoms with Crippen molar-refractivity contribution < 1.29 is 9.50 Å². The Hall–Kier alpha value is -1.09. The van der Waals surface area contributed by atoms with E-state index in [-0.39, 0.29) is 11.6 Å². The molecule has 0 aliphatic heterocycles. The number of nitrogens with one attached hydrogen (secondary N) is 1. The van der Waals surface area contributed by atoms with Crippen LogP contribution in [0.4, 0.5) is 4.39 Å². The molecule has 1 saturated carbocycles. The molecule has 19 heavy (non-hydrogen) atoms. The summed E-state index contributed by atoms with van der Waals surface area (Å²) < 4.78 is 13.1. The second-order valence-corrected chi connectivity index (χ2v) is 5.88. The van der Waals surface area contributed by atoms with Gasteiger partial charge in [0, 0.05) is 12.1 Å². The van der Waals surface area contributed by atoms with Gasteiger partial charge in [0.05, 0.1) is 0 Å². The van der Waals surface area contributed by atoms with Gasteiger partial charge in [-0.15, -0.1) is 0 Å². The Morgan fingerprint density at radius 2 is 2.21 bits per heavy atom. The third-order valence-electron chi connectivity index (χ3n) is 4.13. The third-order valence-corrected chi connectivity index (χ3v) is 4.13.